The maximum absolute atomic E-state index is 13.0. The van der Waals surface area contributed by atoms with Gasteiger partial charge in [-0.05, 0) is 12.8 Å². The molecule has 0 spiro atoms. The molecule has 2 heterocycles. The zero-order chi connectivity index (χ0) is 17.4. The molecule has 9 heteroatoms. The average Bonchev–Trinajstić information content (AvgIpc) is 2.88. The summed E-state index contributed by atoms with van der Waals surface area (Å²) in [6.45, 7) is 0.463. The van der Waals surface area contributed by atoms with E-state index in [0.717, 1.165) is 10.9 Å². The number of hydrogen-bond donors (Lipinski definition) is 0. The van der Waals surface area contributed by atoms with Gasteiger partial charge in [0, 0.05) is 40.4 Å². The fraction of sp³-hybridized carbons (Fsp3) is 0.643. The first-order valence-corrected chi connectivity index (χ1v) is 7.22. The Labute approximate surface area is 131 Å². The van der Waals surface area contributed by atoms with Crippen molar-refractivity contribution >= 4 is 11.8 Å². The molecule has 1 aromatic heterocycles. The lowest BCUT2D eigenvalue weighted by Crippen LogP contribution is -2.45. The van der Waals surface area contributed by atoms with Crippen LogP contribution in [0.5, 0.6) is 0 Å². The van der Waals surface area contributed by atoms with Crippen LogP contribution in [0.3, 0.4) is 0 Å². The molecule has 2 amide bonds. The summed E-state index contributed by atoms with van der Waals surface area (Å²) in [7, 11) is 4.57. The number of aromatic nitrogens is 2. The highest BCUT2D eigenvalue weighted by Gasteiger charge is 2.40. The number of carbonyl (C=O) groups is 2. The molecule has 0 aromatic carbocycles. The number of alkyl halides is 3. The molecule has 1 unspecified atom stereocenters. The van der Waals surface area contributed by atoms with E-state index in [1.807, 2.05) is 0 Å². The third kappa shape index (κ3) is 3.65. The molecule has 1 aliphatic heterocycles. The monoisotopic (exact) mass is 332 g/mol. The smallest absolute Gasteiger partial charge is 0.349 e. The molecule has 1 aromatic rings. The summed E-state index contributed by atoms with van der Waals surface area (Å²) >= 11 is 0. The molecule has 0 aliphatic carbocycles. The number of piperidine rings is 1. The quantitative estimate of drug-likeness (QED) is 0.822. The topological polar surface area (TPSA) is 58.4 Å². The summed E-state index contributed by atoms with van der Waals surface area (Å²) in [5.74, 6) is -1.24. The summed E-state index contributed by atoms with van der Waals surface area (Å²) in [6, 6.07) is 0. The van der Waals surface area contributed by atoms with Crippen LogP contribution in [-0.4, -0.2) is 58.6 Å². The number of rotatable bonds is 2. The molecule has 1 atom stereocenters. The number of aryl methyl sites for hydroxylation is 1. The van der Waals surface area contributed by atoms with Crippen LogP contribution in [0.1, 0.15) is 28.9 Å². The minimum absolute atomic E-state index is 0.121. The van der Waals surface area contributed by atoms with Crippen molar-refractivity contribution in [2.75, 3.05) is 27.2 Å². The zero-order valence-corrected chi connectivity index (χ0v) is 13.2. The summed E-state index contributed by atoms with van der Waals surface area (Å²) < 4.78 is 40.0. The van der Waals surface area contributed by atoms with Gasteiger partial charge in [0.25, 0.3) is 5.91 Å². The highest BCUT2D eigenvalue weighted by atomic mass is 19.4. The second-order valence-electron chi connectivity index (χ2n) is 5.89. The molecule has 2 rings (SSSR count). The van der Waals surface area contributed by atoms with Gasteiger partial charge in [-0.2, -0.15) is 18.3 Å². The van der Waals surface area contributed by atoms with Crippen molar-refractivity contribution in [3.8, 4) is 0 Å². The molecule has 0 N–H and O–H groups in total. The SMILES string of the molecule is CN(C)C(=O)C1CCCN(C(=O)c2cn(C)nc2C(F)(F)F)C1. The summed E-state index contributed by atoms with van der Waals surface area (Å²) in [5, 5.41) is 3.35. The van der Waals surface area contributed by atoms with Gasteiger partial charge in [-0.3, -0.25) is 14.3 Å². The highest BCUT2D eigenvalue weighted by Crippen LogP contribution is 2.31. The average molecular weight is 332 g/mol. The Kier molecular flexibility index (Phi) is 4.67. The molecule has 1 fully saturated rings. The lowest BCUT2D eigenvalue weighted by molar-refractivity contribution is -0.142. The Bertz CT molecular complexity index is 610. The minimum Gasteiger partial charge on any atom is -0.349 e. The van der Waals surface area contributed by atoms with Crippen molar-refractivity contribution in [2.24, 2.45) is 13.0 Å². The molecular weight excluding hydrogens is 313 g/mol. The second-order valence-corrected chi connectivity index (χ2v) is 5.89. The number of carbonyl (C=O) groups excluding carboxylic acids is 2. The maximum Gasteiger partial charge on any atom is 0.435 e. The van der Waals surface area contributed by atoms with Crippen LogP contribution >= 0.6 is 0 Å². The van der Waals surface area contributed by atoms with Gasteiger partial charge in [0.2, 0.25) is 5.91 Å². The largest absolute Gasteiger partial charge is 0.435 e. The van der Waals surface area contributed by atoms with Gasteiger partial charge in [0.15, 0.2) is 5.69 Å². The van der Waals surface area contributed by atoms with Crippen LogP contribution in [-0.2, 0) is 18.0 Å². The van der Waals surface area contributed by atoms with E-state index in [1.165, 1.54) is 16.8 Å². The summed E-state index contributed by atoms with van der Waals surface area (Å²) in [4.78, 5) is 27.2. The molecule has 128 valence electrons. The van der Waals surface area contributed by atoms with E-state index in [9.17, 15) is 22.8 Å². The molecule has 23 heavy (non-hydrogen) atoms. The predicted octanol–water partition coefficient (Wildman–Crippen LogP) is 1.38. The molecule has 6 nitrogen and oxygen atoms in total. The number of nitrogens with zero attached hydrogens (tertiary/aromatic N) is 4. The lowest BCUT2D eigenvalue weighted by Gasteiger charge is -2.33. The van der Waals surface area contributed by atoms with Gasteiger partial charge < -0.3 is 9.80 Å². The Balaban J connectivity index is 2.22. The van der Waals surface area contributed by atoms with Crippen molar-refractivity contribution in [3.63, 3.8) is 0 Å². The first kappa shape index (κ1) is 17.3. The molecule has 0 radical (unpaired) electrons. The maximum atomic E-state index is 13.0. The Morgan fingerprint density at radius 1 is 1.35 bits per heavy atom. The second kappa shape index (κ2) is 6.21. The van der Waals surface area contributed by atoms with E-state index in [1.54, 1.807) is 14.1 Å². The van der Waals surface area contributed by atoms with Crippen molar-refractivity contribution in [2.45, 2.75) is 19.0 Å². The highest BCUT2D eigenvalue weighted by molar-refractivity contribution is 5.95. The van der Waals surface area contributed by atoms with Gasteiger partial charge in [-0.15, -0.1) is 0 Å². The van der Waals surface area contributed by atoms with Crippen molar-refractivity contribution in [1.82, 2.24) is 19.6 Å². The van der Waals surface area contributed by atoms with Crippen molar-refractivity contribution in [3.05, 3.63) is 17.5 Å². The van der Waals surface area contributed by atoms with Gasteiger partial charge >= 0.3 is 6.18 Å². The Hall–Kier alpha value is -2.06. The van der Waals surface area contributed by atoms with Crippen molar-refractivity contribution < 1.29 is 22.8 Å². The number of hydrogen-bond acceptors (Lipinski definition) is 3. The third-order valence-corrected chi connectivity index (χ3v) is 3.83. The Morgan fingerprint density at radius 3 is 2.57 bits per heavy atom. The molecule has 1 aliphatic rings. The van der Waals surface area contributed by atoms with Crippen LogP contribution < -0.4 is 0 Å². The number of amides is 2. The number of likely N-dealkylation sites (tertiary alicyclic amines) is 1. The normalized spacial score (nSPS) is 18.9. The molecule has 0 saturated carbocycles. The fourth-order valence-electron chi connectivity index (χ4n) is 2.75. The van der Waals surface area contributed by atoms with Crippen LogP contribution in [0.15, 0.2) is 6.20 Å². The first-order chi connectivity index (χ1) is 10.6. The Morgan fingerprint density at radius 2 is 2.00 bits per heavy atom. The first-order valence-electron chi connectivity index (χ1n) is 7.22. The number of halogens is 3. The minimum atomic E-state index is -4.69. The van der Waals surface area contributed by atoms with Crippen molar-refractivity contribution in [1.29, 1.82) is 0 Å². The summed E-state index contributed by atoms with van der Waals surface area (Å²) in [6.07, 6.45) is -2.42. The standard InChI is InChI=1S/C14H19F3N4O2/c1-19(2)12(22)9-5-4-6-21(7-9)13(23)10-8-20(3)18-11(10)14(15,16)17/h8-9H,4-7H2,1-3H3. The van der Waals surface area contributed by atoms with E-state index in [4.69, 9.17) is 0 Å². The molecular formula is C14H19F3N4O2. The van der Waals surface area contributed by atoms with E-state index in [2.05, 4.69) is 5.10 Å². The van der Waals surface area contributed by atoms with Gasteiger partial charge in [-0.25, -0.2) is 0 Å². The van der Waals surface area contributed by atoms with Crippen LogP contribution in [0.4, 0.5) is 13.2 Å². The van der Waals surface area contributed by atoms with E-state index in [0.29, 0.717) is 19.4 Å². The van der Waals surface area contributed by atoms with E-state index in [-0.39, 0.29) is 18.4 Å². The molecule has 0 bridgehead atoms. The van der Waals surface area contributed by atoms with Gasteiger partial charge in [0.05, 0.1) is 11.5 Å². The van der Waals surface area contributed by atoms with Gasteiger partial charge in [-0.1, -0.05) is 0 Å². The summed E-state index contributed by atoms with van der Waals surface area (Å²) in [5.41, 5.74) is -1.66. The van der Waals surface area contributed by atoms with Crippen LogP contribution in [0.2, 0.25) is 0 Å². The van der Waals surface area contributed by atoms with E-state index >= 15 is 0 Å². The third-order valence-electron chi connectivity index (χ3n) is 3.83. The van der Waals surface area contributed by atoms with E-state index < -0.39 is 23.3 Å². The fourth-order valence-corrected chi connectivity index (χ4v) is 2.75. The van der Waals surface area contributed by atoms with Crippen LogP contribution in [0, 0.1) is 5.92 Å². The zero-order valence-electron chi connectivity index (χ0n) is 13.2. The van der Waals surface area contributed by atoms with Gasteiger partial charge in [0.1, 0.15) is 0 Å². The predicted molar refractivity (Wildman–Crippen MR) is 75.5 cm³/mol. The molecule has 1 saturated heterocycles. The van der Waals surface area contributed by atoms with Crippen LogP contribution in [0.25, 0.3) is 0 Å². The lowest BCUT2D eigenvalue weighted by atomic mass is 9.96.